The van der Waals surface area contributed by atoms with Crippen LogP contribution in [0.5, 0.6) is 0 Å². The number of aryl methyl sites for hydroxylation is 1. The van der Waals surface area contributed by atoms with Crippen molar-refractivity contribution in [2.75, 3.05) is 0 Å². The normalized spacial score (nSPS) is 12.1. The lowest BCUT2D eigenvalue weighted by molar-refractivity contribution is 0.513. The third kappa shape index (κ3) is 2.77. The molecule has 1 aromatic heterocycles. The maximum atomic E-state index is 10.5. The molecular formula is C17H11Cl2N3O. The highest BCUT2D eigenvalue weighted by molar-refractivity contribution is 6.34. The molecule has 0 aliphatic rings. The lowest BCUT2D eigenvalue weighted by Gasteiger charge is -2.06. The Morgan fingerprint density at radius 1 is 1.17 bits per heavy atom. The molecule has 4 nitrogen and oxygen atoms in total. The van der Waals surface area contributed by atoms with Gasteiger partial charge in [0.15, 0.2) is 5.82 Å². The fourth-order valence-electron chi connectivity index (χ4n) is 2.41. The number of imidazole rings is 1. The molecule has 0 aliphatic heterocycles. The second-order valence-corrected chi connectivity index (χ2v) is 5.85. The number of hydrogen-bond donors (Lipinski definition) is 1. The summed E-state index contributed by atoms with van der Waals surface area (Å²) in [5, 5.41) is 20.8. The van der Waals surface area contributed by atoms with E-state index in [1.165, 1.54) is 0 Å². The summed E-state index contributed by atoms with van der Waals surface area (Å²) in [6.45, 7) is 0. The number of aliphatic hydroxyl groups excluding tert-OH is 1. The molecule has 3 aromatic rings. The van der Waals surface area contributed by atoms with Crippen LogP contribution in [0.1, 0.15) is 11.4 Å². The number of halogens is 2. The van der Waals surface area contributed by atoms with Gasteiger partial charge in [-0.05, 0) is 30.3 Å². The Balaban J connectivity index is 2.25. The summed E-state index contributed by atoms with van der Waals surface area (Å²) in [5.41, 5.74) is 2.04. The van der Waals surface area contributed by atoms with Crippen molar-refractivity contribution in [3.63, 3.8) is 0 Å². The molecule has 1 heterocycles. The van der Waals surface area contributed by atoms with Crippen LogP contribution in [0.2, 0.25) is 10.0 Å². The number of para-hydroxylation sites is 2. The second kappa shape index (κ2) is 5.96. The predicted molar refractivity (Wildman–Crippen MR) is 92.2 cm³/mol. The van der Waals surface area contributed by atoms with Gasteiger partial charge in [-0.2, -0.15) is 5.26 Å². The number of hydrogen-bond acceptors (Lipinski definition) is 3. The van der Waals surface area contributed by atoms with Gasteiger partial charge in [-0.25, -0.2) is 4.98 Å². The molecule has 0 radical (unpaired) electrons. The van der Waals surface area contributed by atoms with Crippen molar-refractivity contribution in [3.8, 4) is 6.07 Å². The van der Waals surface area contributed by atoms with E-state index in [1.54, 1.807) is 29.8 Å². The van der Waals surface area contributed by atoms with Gasteiger partial charge in [-0.1, -0.05) is 35.3 Å². The van der Waals surface area contributed by atoms with Gasteiger partial charge in [0, 0.05) is 22.7 Å². The molecule has 1 N–H and O–H groups in total. The molecule has 0 saturated carbocycles. The first-order chi connectivity index (χ1) is 11.0. The average molecular weight is 344 g/mol. The van der Waals surface area contributed by atoms with E-state index in [-0.39, 0.29) is 11.3 Å². The lowest BCUT2D eigenvalue weighted by atomic mass is 10.1. The van der Waals surface area contributed by atoms with E-state index in [4.69, 9.17) is 23.2 Å². The van der Waals surface area contributed by atoms with Crippen LogP contribution in [-0.4, -0.2) is 14.7 Å². The number of aromatic nitrogens is 2. The molecule has 2 aromatic carbocycles. The van der Waals surface area contributed by atoms with E-state index in [0.717, 1.165) is 11.0 Å². The molecule has 0 bridgehead atoms. The largest absolute Gasteiger partial charge is 0.506 e. The van der Waals surface area contributed by atoms with Crippen molar-refractivity contribution in [1.82, 2.24) is 9.55 Å². The van der Waals surface area contributed by atoms with Crippen LogP contribution in [0.4, 0.5) is 0 Å². The summed E-state index contributed by atoms with van der Waals surface area (Å²) < 4.78 is 1.76. The van der Waals surface area contributed by atoms with Gasteiger partial charge >= 0.3 is 0 Å². The Kier molecular flexibility index (Phi) is 3.99. The number of nitrogens with zero attached hydrogens (tertiary/aromatic N) is 3. The summed E-state index contributed by atoms with van der Waals surface area (Å²) in [6, 6.07) is 14.2. The van der Waals surface area contributed by atoms with Crippen molar-refractivity contribution in [3.05, 3.63) is 63.9 Å². The third-order valence-electron chi connectivity index (χ3n) is 3.50. The molecule has 0 spiro atoms. The zero-order valence-electron chi connectivity index (χ0n) is 12.1. The fourth-order valence-corrected chi connectivity index (χ4v) is 2.94. The van der Waals surface area contributed by atoms with Crippen molar-refractivity contribution in [2.24, 2.45) is 7.05 Å². The van der Waals surface area contributed by atoms with Crippen molar-refractivity contribution in [1.29, 1.82) is 5.26 Å². The zero-order valence-corrected chi connectivity index (χ0v) is 13.6. The van der Waals surface area contributed by atoms with Crippen LogP contribution in [0.15, 0.2) is 42.5 Å². The monoisotopic (exact) mass is 343 g/mol. The number of benzene rings is 2. The van der Waals surface area contributed by atoms with E-state index in [1.807, 2.05) is 30.3 Å². The van der Waals surface area contributed by atoms with Crippen LogP contribution >= 0.6 is 23.2 Å². The lowest BCUT2D eigenvalue weighted by Crippen LogP contribution is -1.99. The summed E-state index contributed by atoms with van der Waals surface area (Å²) >= 11 is 11.9. The maximum Gasteiger partial charge on any atom is 0.155 e. The zero-order chi connectivity index (χ0) is 16.6. The Morgan fingerprint density at radius 2 is 1.83 bits per heavy atom. The van der Waals surface area contributed by atoms with Crippen LogP contribution in [0, 0.1) is 11.3 Å². The van der Waals surface area contributed by atoms with Gasteiger partial charge in [0.25, 0.3) is 0 Å². The highest BCUT2D eigenvalue weighted by Crippen LogP contribution is 2.29. The molecule has 0 atom stereocenters. The number of rotatable bonds is 2. The molecule has 3 rings (SSSR count). The summed E-state index contributed by atoms with van der Waals surface area (Å²) in [6.07, 6.45) is 0. The van der Waals surface area contributed by atoms with Crippen LogP contribution < -0.4 is 0 Å². The minimum Gasteiger partial charge on any atom is -0.506 e. The molecule has 0 aliphatic carbocycles. The Labute approximate surface area is 142 Å². The number of nitriles is 1. The van der Waals surface area contributed by atoms with Gasteiger partial charge in [-0.15, -0.1) is 0 Å². The predicted octanol–water partition coefficient (Wildman–Crippen LogP) is 4.83. The summed E-state index contributed by atoms with van der Waals surface area (Å²) in [4.78, 5) is 4.43. The smallest absolute Gasteiger partial charge is 0.155 e. The quantitative estimate of drug-likeness (QED) is 0.535. The summed E-state index contributed by atoms with van der Waals surface area (Å²) in [5.74, 6) is 0.164. The summed E-state index contributed by atoms with van der Waals surface area (Å²) in [7, 11) is 1.79. The SMILES string of the molecule is Cn1c(C(C#N)=C(O)c2cc(Cl)cc(Cl)c2)nc2ccccc21. The molecule has 0 fully saturated rings. The third-order valence-corrected chi connectivity index (χ3v) is 3.93. The molecular weight excluding hydrogens is 333 g/mol. The Hall–Kier alpha value is -2.48. The van der Waals surface area contributed by atoms with E-state index >= 15 is 0 Å². The fraction of sp³-hybridized carbons (Fsp3) is 0.0588. The van der Waals surface area contributed by atoms with Crippen molar-refractivity contribution in [2.45, 2.75) is 0 Å². The van der Waals surface area contributed by atoms with Crippen LogP contribution in [0.3, 0.4) is 0 Å². The van der Waals surface area contributed by atoms with Gasteiger partial charge in [0.2, 0.25) is 0 Å². The van der Waals surface area contributed by atoms with Crippen LogP contribution in [0.25, 0.3) is 22.4 Å². The van der Waals surface area contributed by atoms with Gasteiger partial charge in [-0.3, -0.25) is 0 Å². The standard InChI is InChI=1S/C17H11Cl2N3O/c1-22-15-5-3-2-4-14(15)21-17(22)13(9-20)16(23)10-6-11(18)8-12(19)7-10/h2-8,23H,1H3. The van der Waals surface area contributed by atoms with E-state index in [0.29, 0.717) is 21.4 Å². The second-order valence-electron chi connectivity index (χ2n) is 4.98. The average Bonchev–Trinajstić information content (AvgIpc) is 2.85. The first-order valence-electron chi connectivity index (χ1n) is 6.73. The molecule has 0 amide bonds. The van der Waals surface area contributed by atoms with Gasteiger partial charge < -0.3 is 9.67 Å². The molecule has 0 saturated heterocycles. The van der Waals surface area contributed by atoms with Gasteiger partial charge in [0.1, 0.15) is 17.4 Å². The minimum atomic E-state index is -0.213. The Bertz CT molecular complexity index is 963. The molecule has 6 heteroatoms. The molecule has 114 valence electrons. The highest BCUT2D eigenvalue weighted by Gasteiger charge is 2.18. The number of allylic oxidation sites excluding steroid dienone is 1. The van der Waals surface area contributed by atoms with E-state index in [2.05, 4.69) is 4.98 Å². The Morgan fingerprint density at radius 3 is 2.43 bits per heavy atom. The first kappa shape index (κ1) is 15.4. The van der Waals surface area contributed by atoms with Crippen molar-refractivity contribution >= 4 is 45.6 Å². The van der Waals surface area contributed by atoms with Crippen LogP contribution in [-0.2, 0) is 7.05 Å². The molecule has 0 unspecified atom stereocenters. The van der Waals surface area contributed by atoms with Gasteiger partial charge in [0.05, 0.1) is 11.0 Å². The number of fused-ring (bicyclic) bond motifs is 1. The van der Waals surface area contributed by atoms with E-state index < -0.39 is 0 Å². The highest BCUT2D eigenvalue weighted by atomic mass is 35.5. The first-order valence-corrected chi connectivity index (χ1v) is 7.48. The maximum absolute atomic E-state index is 10.5. The topological polar surface area (TPSA) is 61.8 Å². The minimum absolute atomic E-state index is 0.0574. The van der Waals surface area contributed by atoms with E-state index in [9.17, 15) is 10.4 Å². The molecule has 23 heavy (non-hydrogen) atoms. The number of aliphatic hydroxyl groups is 1. The van der Waals surface area contributed by atoms with Crippen molar-refractivity contribution < 1.29 is 5.11 Å².